The van der Waals surface area contributed by atoms with Crippen LogP contribution in [0.2, 0.25) is 0 Å². The maximum atomic E-state index is 12.0. The maximum absolute atomic E-state index is 12.0. The lowest BCUT2D eigenvalue weighted by Crippen LogP contribution is -2.36. The molecule has 0 aromatic heterocycles. The number of aryl methyl sites for hydroxylation is 1. The first-order valence-corrected chi connectivity index (χ1v) is 6.65. The number of nitrogens with one attached hydrogen (secondary N) is 1. The summed E-state index contributed by atoms with van der Waals surface area (Å²) in [6.45, 7) is 0. The van der Waals surface area contributed by atoms with Crippen LogP contribution in [0.4, 0.5) is 0 Å². The molecule has 102 valence electrons. The molecule has 20 heavy (non-hydrogen) atoms. The Morgan fingerprint density at radius 2 is 1.60 bits per heavy atom. The fourth-order valence-electron chi connectivity index (χ4n) is 1.98. The third-order valence-electron chi connectivity index (χ3n) is 3.10. The zero-order valence-electron chi connectivity index (χ0n) is 11.2. The van der Waals surface area contributed by atoms with E-state index in [-0.39, 0.29) is 5.91 Å². The van der Waals surface area contributed by atoms with Gasteiger partial charge in [0.25, 0.3) is 5.91 Å². The summed E-state index contributed by atoms with van der Waals surface area (Å²) in [7, 11) is 0. The van der Waals surface area contributed by atoms with Gasteiger partial charge in [-0.1, -0.05) is 48.5 Å². The molecule has 1 unspecified atom stereocenters. The van der Waals surface area contributed by atoms with Crippen LogP contribution in [0.15, 0.2) is 60.7 Å². The highest BCUT2D eigenvalue weighted by molar-refractivity contribution is 5.95. The Labute approximate surface area is 118 Å². The molecule has 2 aromatic carbocycles. The van der Waals surface area contributed by atoms with Gasteiger partial charge in [-0.25, -0.2) is 0 Å². The monoisotopic (exact) mass is 267 g/mol. The molecule has 0 saturated carbocycles. The van der Waals surface area contributed by atoms with Crippen LogP contribution in [0.1, 0.15) is 22.3 Å². The summed E-state index contributed by atoms with van der Waals surface area (Å²) >= 11 is 0. The second-order valence-corrected chi connectivity index (χ2v) is 4.61. The molecule has 0 spiro atoms. The summed E-state index contributed by atoms with van der Waals surface area (Å²) in [5.41, 5.74) is 1.73. The van der Waals surface area contributed by atoms with E-state index in [0.717, 1.165) is 18.3 Å². The van der Waals surface area contributed by atoms with Crippen molar-refractivity contribution in [3.8, 4) is 0 Å². The lowest BCUT2D eigenvalue weighted by atomic mass is 10.1. The van der Waals surface area contributed by atoms with E-state index in [2.05, 4.69) is 5.32 Å². The number of rotatable bonds is 6. The predicted molar refractivity (Wildman–Crippen MR) is 78.5 cm³/mol. The van der Waals surface area contributed by atoms with Crippen molar-refractivity contribution in [3.63, 3.8) is 0 Å². The molecule has 3 heteroatoms. The lowest BCUT2D eigenvalue weighted by Gasteiger charge is -2.12. The SMILES string of the molecule is O=CC(CCc1ccccc1)NC(=O)c1ccccc1. The Balaban J connectivity index is 1.89. The van der Waals surface area contributed by atoms with E-state index in [1.54, 1.807) is 24.3 Å². The van der Waals surface area contributed by atoms with Crippen molar-refractivity contribution in [1.29, 1.82) is 0 Å². The number of carbonyl (C=O) groups is 2. The van der Waals surface area contributed by atoms with Crippen LogP contribution in [0.25, 0.3) is 0 Å². The molecule has 0 aliphatic carbocycles. The van der Waals surface area contributed by atoms with Gasteiger partial charge in [0.1, 0.15) is 6.29 Å². The molecule has 0 aliphatic rings. The Hall–Kier alpha value is -2.42. The van der Waals surface area contributed by atoms with Crippen LogP contribution in [0.3, 0.4) is 0 Å². The first kappa shape index (κ1) is 14.0. The smallest absolute Gasteiger partial charge is 0.251 e. The molecule has 1 amide bonds. The fraction of sp³-hybridized carbons (Fsp3) is 0.176. The van der Waals surface area contributed by atoms with Gasteiger partial charge < -0.3 is 10.1 Å². The maximum Gasteiger partial charge on any atom is 0.251 e. The van der Waals surface area contributed by atoms with Crippen molar-refractivity contribution >= 4 is 12.2 Å². The number of benzene rings is 2. The standard InChI is InChI=1S/C17H17NO2/c19-13-16(12-11-14-7-3-1-4-8-14)18-17(20)15-9-5-2-6-10-15/h1-10,13,16H,11-12H2,(H,18,20). The van der Waals surface area contributed by atoms with Crippen molar-refractivity contribution < 1.29 is 9.59 Å². The Morgan fingerprint density at radius 1 is 1.00 bits per heavy atom. The number of hydrogen-bond acceptors (Lipinski definition) is 2. The molecular weight excluding hydrogens is 250 g/mol. The second-order valence-electron chi connectivity index (χ2n) is 4.61. The summed E-state index contributed by atoms with van der Waals surface area (Å²) in [6.07, 6.45) is 2.16. The highest BCUT2D eigenvalue weighted by atomic mass is 16.2. The first-order valence-electron chi connectivity index (χ1n) is 6.65. The largest absolute Gasteiger partial charge is 0.343 e. The molecule has 3 nitrogen and oxygen atoms in total. The number of hydrogen-bond donors (Lipinski definition) is 1. The third kappa shape index (κ3) is 4.05. The van der Waals surface area contributed by atoms with E-state index in [0.29, 0.717) is 12.0 Å². The van der Waals surface area contributed by atoms with Gasteiger partial charge in [-0.2, -0.15) is 0 Å². The van der Waals surface area contributed by atoms with Gasteiger partial charge in [-0.15, -0.1) is 0 Å². The minimum atomic E-state index is -0.456. The summed E-state index contributed by atoms with van der Waals surface area (Å²) < 4.78 is 0. The van der Waals surface area contributed by atoms with Gasteiger partial charge in [0.15, 0.2) is 0 Å². The van der Waals surface area contributed by atoms with Crippen molar-refractivity contribution in [2.24, 2.45) is 0 Å². The third-order valence-corrected chi connectivity index (χ3v) is 3.10. The highest BCUT2D eigenvalue weighted by Gasteiger charge is 2.12. The van der Waals surface area contributed by atoms with Crippen LogP contribution < -0.4 is 5.32 Å². The summed E-state index contributed by atoms with van der Waals surface area (Å²) in [4.78, 5) is 23.0. The number of aldehydes is 1. The predicted octanol–water partition coefficient (Wildman–Crippen LogP) is 2.62. The molecule has 0 aliphatic heterocycles. The van der Waals surface area contributed by atoms with Gasteiger partial charge in [-0.05, 0) is 30.5 Å². The average Bonchev–Trinajstić information content (AvgIpc) is 2.53. The summed E-state index contributed by atoms with van der Waals surface area (Å²) in [5.74, 6) is -0.212. The topological polar surface area (TPSA) is 46.2 Å². The van der Waals surface area contributed by atoms with Crippen molar-refractivity contribution in [2.75, 3.05) is 0 Å². The van der Waals surface area contributed by atoms with Gasteiger partial charge in [-0.3, -0.25) is 4.79 Å². The lowest BCUT2D eigenvalue weighted by molar-refractivity contribution is -0.109. The molecule has 0 bridgehead atoms. The Kier molecular flexibility index (Phi) is 5.07. The zero-order valence-corrected chi connectivity index (χ0v) is 11.2. The number of amides is 1. The van der Waals surface area contributed by atoms with E-state index < -0.39 is 6.04 Å². The Bertz CT molecular complexity index is 552. The van der Waals surface area contributed by atoms with E-state index >= 15 is 0 Å². The molecule has 0 saturated heterocycles. The van der Waals surface area contributed by atoms with Crippen LogP contribution in [0, 0.1) is 0 Å². The van der Waals surface area contributed by atoms with Crippen molar-refractivity contribution in [2.45, 2.75) is 18.9 Å². The van der Waals surface area contributed by atoms with Crippen LogP contribution in [0.5, 0.6) is 0 Å². The van der Waals surface area contributed by atoms with Gasteiger partial charge in [0.05, 0.1) is 6.04 Å². The minimum Gasteiger partial charge on any atom is -0.343 e. The zero-order chi connectivity index (χ0) is 14.2. The molecule has 2 rings (SSSR count). The molecule has 1 atom stereocenters. The fourth-order valence-corrected chi connectivity index (χ4v) is 1.98. The minimum absolute atomic E-state index is 0.212. The molecule has 1 N–H and O–H groups in total. The molecule has 0 heterocycles. The molecule has 0 fully saturated rings. The van der Waals surface area contributed by atoms with Crippen LogP contribution >= 0.6 is 0 Å². The second kappa shape index (κ2) is 7.24. The highest BCUT2D eigenvalue weighted by Crippen LogP contribution is 2.05. The van der Waals surface area contributed by atoms with E-state index in [1.165, 1.54) is 0 Å². The van der Waals surface area contributed by atoms with Crippen molar-refractivity contribution in [3.05, 3.63) is 71.8 Å². The van der Waals surface area contributed by atoms with E-state index in [9.17, 15) is 9.59 Å². The Morgan fingerprint density at radius 3 is 2.20 bits per heavy atom. The van der Waals surface area contributed by atoms with Gasteiger partial charge in [0.2, 0.25) is 0 Å². The van der Waals surface area contributed by atoms with Crippen LogP contribution in [-0.2, 0) is 11.2 Å². The van der Waals surface area contributed by atoms with E-state index in [4.69, 9.17) is 0 Å². The number of carbonyl (C=O) groups excluding carboxylic acids is 2. The normalized spacial score (nSPS) is 11.6. The summed E-state index contributed by atoms with van der Waals surface area (Å²) in [6, 6.07) is 18.4. The molecular formula is C17H17NO2. The van der Waals surface area contributed by atoms with Crippen molar-refractivity contribution in [1.82, 2.24) is 5.32 Å². The van der Waals surface area contributed by atoms with E-state index in [1.807, 2.05) is 36.4 Å². The molecule has 2 aromatic rings. The van der Waals surface area contributed by atoms with Gasteiger partial charge in [0, 0.05) is 5.56 Å². The van der Waals surface area contributed by atoms with Crippen LogP contribution in [-0.4, -0.2) is 18.2 Å². The van der Waals surface area contributed by atoms with Gasteiger partial charge >= 0.3 is 0 Å². The first-order chi connectivity index (χ1) is 9.79. The quantitative estimate of drug-likeness (QED) is 0.818. The molecule has 0 radical (unpaired) electrons. The summed E-state index contributed by atoms with van der Waals surface area (Å²) in [5, 5.41) is 2.75. The average molecular weight is 267 g/mol.